The molecule has 0 spiro atoms. The number of piperidine rings is 1. The van der Waals surface area contributed by atoms with E-state index >= 15 is 0 Å². The number of hydrogen-bond donors (Lipinski definition) is 1. The van der Waals surface area contributed by atoms with Gasteiger partial charge in [0.25, 0.3) is 0 Å². The Morgan fingerprint density at radius 3 is 2.02 bits per heavy atom. The Balaban J connectivity index is 1.64. The first-order chi connectivity index (χ1) is 18.8. The number of likely N-dealkylation sites (tertiary alicyclic amines) is 1. The van der Waals surface area contributed by atoms with Crippen molar-refractivity contribution in [1.82, 2.24) is 4.90 Å². The molecule has 3 saturated carbocycles. The van der Waals surface area contributed by atoms with Crippen LogP contribution in [-0.4, -0.2) is 59.2 Å². The van der Waals surface area contributed by atoms with E-state index in [1.165, 1.54) is 0 Å². The molecule has 1 aliphatic heterocycles. The molecule has 0 bridgehead atoms. The minimum atomic E-state index is -3.48. The summed E-state index contributed by atoms with van der Waals surface area (Å²) in [5.74, 6) is -1.48. The van der Waals surface area contributed by atoms with E-state index in [1.807, 2.05) is 0 Å². The minimum absolute atomic E-state index is 0.0148. The van der Waals surface area contributed by atoms with Gasteiger partial charge in [0.1, 0.15) is 11.8 Å². The molecular weight excluding hydrogens is 538 g/mol. The van der Waals surface area contributed by atoms with Crippen molar-refractivity contribution in [1.29, 1.82) is 0 Å². The summed E-state index contributed by atoms with van der Waals surface area (Å²) in [6.07, 6.45) is 7.82. The third-order valence-electron chi connectivity index (χ3n) is 12.5. The van der Waals surface area contributed by atoms with Crippen molar-refractivity contribution >= 4 is 27.5 Å². The molecule has 7 nitrogen and oxygen atoms in total. The molecule has 8 heteroatoms. The Labute approximate surface area is 248 Å². The first-order valence-electron chi connectivity index (χ1n) is 16.1. The van der Waals surface area contributed by atoms with Crippen molar-refractivity contribution in [3.63, 3.8) is 0 Å². The lowest BCUT2D eigenvalue weighted by molar-refractivity contribution is -0.155. The maximum Gasteiger partial charge on any atom is 0.326 e. The fourth-order valence-electron chi connectivity index (χ4n) is 9.05. The highest BCUT2D eigenvalue weighted by Gasteiger charge is 2.70. The summed E-state index contributed by atoms with van der Waals surface area (Å²) < 4.78 is 26.2. The van der Waals surface area contributed by atoms with Crippen molar-refractivity contribution in [2.45, 2.75) is 130 Å². The number of aliphatic carboxylic acids is 1. The molecule has 3 aliphatic carbocycles. The van der Waals surface area contributed by atoms with E-state index in [-0.39, 0.29) is 64.8 Å². The fraction of sp³-hybridized carbons (Fsp3) is 0.909. The number of sulfone groups is 1. The molecule has 0 radical (unpaired) electrons. The molecule has 41 heavy (non-hydrogen) atoms. The van der Waals surface area contributed by atoms with Crippen LogP contribution >= 0.6 is 0 Å². The first-order valence-corrected chi connectivity index (χ1v) is 17.7. The van der Waals surface area contributed by atoms with Gasteiger partial charge in [-0.05, 0) is 67.6 Å². The molecule has 234 valence electrons. The van der Waals surface area contributed by atoms with Gasteiger partial charge in [-0.25, -0.2) is 13.2 Å². The Hall–Kier alpha value is -1.44. The van der Waals surface area contributed by atoms with Gasteiger partial charge in [-0.2, -0.15) is 0 Å². The second-order valence-corrected chi connectivity index (χ2v) is 19.0. The predicted octanol–water partition coefficient (Wildman–Crippen LogP) is 6.15. The molecule has 4 fully saturated rings. The van der Waals surface area contributed by atoms with E-state index in [0.29, 0.717) is 6.54 Å². The minimum Gasteiger partial charge on any atom is -0.480 e. The molecule has 4 rings (SSSR count). The number of carbonyl (C=O) groups excluding carboxylic acids is 2. The zero-order valence-corrected chi connectivity index (χ0v) is 27.6. The summed E-state index contributed by atoms with van der Waals surface area (Å²) in [4.78, 5) is 42.5. The first kappa shape index (κ1) is 32.5. The van der Waals surface area contributed by atoms with Crippen LogP contribution in [0.5, 0.6) is 0 Å². The lowest BCUT2D eigenvalue weighted by Gasteiger charge is -2.48. The van der Waals surface area contributed by atoms with Gasteiger partial charge in [0, 0.05) is 25.3 Å². The van der Waals surface area contributed by atoms with Crippen LogP contribution in [0.1, 0.15) is 120 Å². The van der Waals surface area contributed by atoms with Crippen molar-refractivity contribution < 1.29 is 27.9 Å². The summed E-state index contributed by atoms with van der Waals surface area (Å²) in [5, 5.41) is 10.2. The number of rotatable bonds is 9. The third-order valence-corrected chi connectivity index (χ3v) is 15.3. The number of Topliss-reactive ketones (excluding diaryl/α,β-unsaturated/α-hetero) is 1. The number of nitrogens with zero attached hydrogens (tertiary/aromatic N) is 1. The molecule has 1 heterocycles. The average Bonchev–Trinajstić information content (AvgIpc) is 3.18. The molecule has 4 aliphatic rings. The quantitative estimate of drug-likeness (QED) is 0.344. The Morgan fingerprint density at radius 2 is 1.51 bits per heavy atom. The maximum absolute atomic E-state index is 14.4. The van der Waals surface area contributed by atoms with Crippen LogP contribution in [0.2, 0.25) is 0 Å². The molecular formula is C33H55NO6S. The lowest BCUT2D eigenvalue weighted by Crippen LogP contribution is -2.52. The van der Waals surface area contributed by atoms with E-state index in [1.54, 1.807) is 25.7 Å². The van der Waals surface area contributed by atoms with Crippen molar-refractivity contribution in [3.05, 3.63) is 0 Å². The van der Waals surface area contributed by atoms with E-state index < -0.39 is 37.9 Å². The molecule has 0 aromatic carbocycles. The number of carboxylic acids is 1. The van der Waals surface area contributed by atoms with Gasteiger partial charge in [0.15, 0.2) is 9.84 Å². The zero-order chi connectivity index (χ0) is 30.8. The normalized spacial score (nSPS) is 35.4. The van der Waals surface area contributed by atoms with Crippen LogP contribution in [0.25, 0.3) is 0 Å². The Bertz CT molecular complexity index is 1130. The van der Waals surface area contributed by atoms with Gasteiger partial charge in [-0.1, -0.05) is 73.1 Å². The van der Waals surface area contributed by atoms with Gasteiger partial charge in [0.05, 0.1) is 16.4 Å². The van der Waals surface area contributed by atoms with Crippen molar-refractivity contribution in [2.24, 2.45) is 45.8 Å². The summed E-state index contributed by atoms with van der Waals surface area (Å²) in [5.41, 5.74) is -1.12. The average molecular weight is 594 g/mol. The summed E-state index contributed by atoms with van der Waals surface area (Å²) >= 11 is 0. The van der Waals surface area contributed by atoms with Crippen LogP contribution < -0.4 is 0 Å². The number of carboxylic acid groups (broad SMARTS) is 1. The third kappa shape index (κ3) is 5.76. The number of hydrogen-bond acceptors (Lipinski definition) is 5. The van der Waals surface area contributed by atoms with E-state index in [9.17, 15) is 27.9 Å². The van der Waals surface area contributed by atoms with Gasteiger partial charge in [-0.3, -0.25) is 9.59 Å². The molecule has 1 saturated heterocycles. The molecule has 7 atom stereocenters. The summed E-state index contributed by atoms with van der Waals surface area (Å²) in [6, 6.07) is -0.839. The van der Waals surface area contributed by atoms with Gasteiger partial charge < -0.3 is 10.0 Å². The molecule has 1 unspecified atom stereocenters. The van der Waals surface area contributed by atoms with Crippen LogP contribution in [0.3, 0.4) is 0 Å². The fourth-order valence-corrected chi connectivity index (χ4v) is 10.9. The highest BCUT2D eigenvalue weighted by Crippen LogP contribution is 2.65. The number of ketones is 1. The lowest BCUT2D eigenvalue weighted by atomic mass is 9.59. The molecule has 0 aromatic heterocycles. The summed E-state index contributed by atoms with van der Waals surface area (Å²) in [7, 11) is -3.48. The smallest absolute Gasteiger partial charge is 0.326 e. The number of carbonyl (C=O) groups is 3. The zero-order valence-electron chi connectivity index (χ0n) is 26.8. The molecule has 1 amide bonds. The highest BCUT2D eigenvalue weighted by atomic mass is 32.2. The number of amides is 1. The van der Waals surface area contributed by atoms with Gasteiger partial charge >= 0.3 is 5.97 Å². The van der Waals surface area contributed by atoms with Crippen molar-refractivity contribution in [2.75, 3.05) is 12.3 Å². The van der Waals surface area contributed by atoms with Crippen molar-refractivity contribution in [3.8, 4) is 0 Å². The van der Waals surface area contributed by atoms with Crippen LogP contribution in [0.4, 0.5) is 0 Å². The Kier molecular flexibility index (Phi) is 8.65. The SMILES string of the molecule is C[C@@H]1CCC[C@H](C)C1(CC(=O)C[C@H](C(=O)N1C[C@H]2[C@@H]([C@H]1C(=O)O)C2(C)C)C1(C)CCCCC1)CS(=O)(=O)C(C)(C)C. The topological polar surface area (TPSA) is 109 Å². The van der Waals surface area contributed by atoms with E-state index in [0.717, 1.165) is 51.4 Å². The number of fused-ring (bicyclic) bond motifs is 1. The maximum atomic E-state index is 14.4. The van der Waals surface area contributed by atoms with E-state index in [2.05, 4.69) is 34.6 Å². The largest absolute Gasteiger partial charge is 0.480 e. The van der Waals surface area contributed by atoms with E-state index in [4.69, 9.17) is 0 Å². The Morgan fingerprint density at radius 1 is 0.951 bits per heavy atom. The monoisotopic (exact) mass is 593 g/mol. The highest BCUT2D eigenvalue weighted by molar-refractivity contribution is 7.92. The standard InChI is InChI=1S/C33H55NO6S/c1-21-13-12-14-22(2)33(21,20-41(39,40)30(3,4)5)18-23(35)17-24(32(8)15-10-9-11-16-32)28(36)34-19-25-26(31(25,6)7)27(34)29(37)38/h21-22,24-27H,9-20H2,1-8H3,(H,37,38)/t21-,22+,24-,25+,26+,27+,33?/m1/s1. The molecule has 0 aromatic rings. The summed E-state index contributed by atoms with van der Waals surface area (Å²) in [6.45, 7) is 16.1. The second kappa shape index (κ2) is 10.9. The van der Waals surface area contributed by atoms with Crippen LogP contribution in [-0.2, 0) is 24.2 Å². The predicted molar refractivity (Wildman–Crippen MR) is 161 cm³/mol. The molecule has 1 N–H and O–H groups in total. The van der Waals surface area contributed by atoms with Crippen LogP contribution in [0.15, 0.2) is 0 Å². The van der Waals surface area contributed by atoms with Gasteiger partial charge in [-0.15, -0.1) is 0 Å². The van der Waals surface area contributed by atoms with Gasteiger partial charge in [0.2, 0.25) is 5.91 Å². The van der Waals surface area contributed by atoms with Crippen LogP contribution in [0, 0.1) is 45.8 Å². The second-order valence-electron chi connectivity index (χ2n) is 16.3.